The van der Waals surface area contributed by atoms with Gasteiger partial charge in [0.15, 0.2) is 11.9 Å². The number of aryl methyl sites for hydroxylation is 1. The minimum Gasteiger partial charge on any atom is -0.356 e. The maximum atomic E-state index is 5.75. The Kier molecular flexibility index (Phi) is 2.63. The summed E-state index contributed by atoms with van der Waals surface area (Å²) in [5.74, 6) is 0. The summed E-state index contributed by atoms with van der Waals surface area (Å²) in [6.45, 7) is 2.78. The van der Waals surface area contributed by atoms with Crippen molar-refractivity contribution in [3.63, 3.8) is 0 Å². The summed E-state index contributed by atoms with van der Waals surface area (Å²) in [6, 6.07) is 1.92. The van der Waals surface area contributed by atoms with Gasteiger partial charge in [0.25, 0.3) is 0 Å². The number of hydrogen-bond donors (Lipinski definition) is 0. The molecule has 5 heteroatoms. The van der Waals surface area contributed by atoms with Crippen molar-refractivity contribution >= 4 is 24.3 Å². The molecule has 3 heterocycles. The Hall–Kier alpha value is -1.36. The van der Waals surface area contributed by atoms with E-state index in [0.717, 1.165) is 36.2 Å². The predicted molar refractivity (Wildman–Crippen MR) is 66.5 cm³/mol. The molecule has 0 bridgehead atoms. The van der Waals surface area contributed by atoms with Crippen LogP contribution in [0.3, 0.4) is 0 Å². The largest absolute Gasteiger partial charge is 0.356 e. The summed E-state index contributed by atoms with van der Waals surface area (Å²) >= 11 is 0. The van der Waals surface area contributed by atoms with E-state index in [2.05, 4.69) is 10.1 Å². The zero-order valence-corrected chi connectivity index (χ0v) is 9.89. The Morgan fingerprint density at radius 2 is 2.35 bits per heavy atom. The SMILES string of the molecule is [B]c1cnc2c(c1)c(C)nn2C1CCCCO1. The van der Waals surface area contributed by atoms with E-state index < -0.39 is 0 Å². The lowest BCUT2D eigenvalue weighted by Gasteiger charge is -2.23. The van der Waals surface area contributed by atoms with Crippen LogP contribution >= 0.6 is 0 Å². The smallest absolute Gasteiger partial charge is 0.160 e. The van der Waals surface area contributed by atoms with Crippen molar-refractivity contribution < 1.29 is 4.74 Å². The molecular weight excluding hydrogens is 213 g/mol. The van der Waals surface area contributed by atoms with Crippen LogP contribution in [-0.4, -0.2) is 29.2 Å². The van der Waals surface area contributed by atoms with Crippen LogP contribution in [0.2, 0.25) is 0 Å². The van der Waals surface area contributed by atoms with E-state index in [1.807, 2.05) is 17.7 Å². The van der Waals surface area contributed by atoms with Gasteiger partial charge in [0.1, 0.15) is 7.85 Å². The predicted octanol–water partition coefficient (Wildman–Crippen LogP) is 1.23. The number of fused-ring (bicyclic) bond motifs is 1. The van der Waals surface area contributed by atoms with E-state index in [1.165, 1.54) is 6.42 Å². The van der Waals surface area contributed by atoms with Gasteiger partial charge in [0, 0.05) is 18.2 Å². The van der Waals surface area contributed by atoms with E-state index in [0.29, 0.717) is 5.46 Å². The van der Waals surface area contributed by atoms with Crippen molar-refractivity contribution in [1.82, 2.24) is 14.8 Å². The Labute approximate surface area is 101 Å². The van der Waals surface area contributed by atoms with Crippen LogP contribution in [-0.2, 0) is 4.74 Å². The normalized spacial score (nSPS) is 20.9. The highest BCUT2D eigenvalue weighted by atomic mass is 16.5. The first-order valence-electron chi connectivity index (χ1n) is 5.97. The molecule has 3 rings (SSSR count). The first kappa shape index (κ1) is 10.8. The molecule has 0 aliphatic carbocycles. The van der Waals surface area contributed by atoms with Gasteiger partial charge in [-0.05, 0) is 26.2 Å². The number of rotatable bonds is 1. The first-order chi connectivity index (χ1) is 8.25. The third kappa shape index (κ3) is 1.84. The molecule has 1 aliphatic heterocycles. The molecule has 17 heavy (non-hydrogen) atoms. The van der Waals surface area contributed by atoms with E-state index in [4.69, 9.17) is 12.6 Å². The number of ether oxygens (including phenoxy) is 1. The molecule has 1 aliphatic rings. The fraction of sp³-hybridized carbons (Fsp3) is 0.500. The van der Waals surface area contributed by atoms with Gasteiger partial charge in [0.05, 0.1) is 5.69 Å². The Balaban J connectivity index is 2.10. The number of hydrogen-bond acceptors (Lipinski definition) is 3. The lowest BCUT2D eigenvalue weighted by Crippen LogP contribution is -2.19. The van der Waals surface area contributed by atoms with Crippen molar-refractivity contribution in [2.24, 2.45) is 0 Å². The quantitative estimate of drug-likeness (QED) is 0.688. The fourth-order valence-electron chi connectivity index (χ4n) is 2.30. The average Bonchev–Trinajstić information content (AvgIpc) is 2.68. The summed E-state index contributed by atoms with van der Waals surface area (Å²) in [4.78, 5) is 4.37. The van der Waals surface area contributed by atoms with Gasteiger partial charge >= 0.3 is 0 Å². The molecule has 2 aromatic heterocycles. The number of aromatic nitrogens is 3. The third-order valence-electron chi connectivity index (χ3n) is 3.18. The zero-order valence-electron chi connectivity index (χ0n) is 9.89. The Morgan fingerprint density at radius 3 is 3.12 bits per heavy atom. The van der Waals surface area contributed by atoms with Crippen molar-refractivity contribution in [2.45, 2.75) is 32.4 Å². The summed E-state index contributed by atoms with van der Waals surface area (Å²) in [5.41, 5.74) is 2.49. The van der Waals surface area contributed by atoms with Crippen LogP contribution in [0, 0.1) is 6.92 Å². The number of nitrogens with zero attached hydrogens (tertiary/aromatic N) is 3. The summed E-state index contributed by atoms with van der Waals surface area (Å²) in [5, 5.41) is 5.54. The second-order valence-corrected chi connectivity index (χ2v) is 4.49. The van der Waals surface area contributed by atoms with Gasteiger partial charge in [0.2, 0.25) is 0 Å². The van der Waals surface area contributed by atoms with Crippen LogP contribution < -0.4 is 5.46 Å². The monoisotopic (exact) mass is 227 g/mol. The van der Waals surface area contributed by atoms with Crippen LogP contribution in [0.4, 0.5) is 0 Å². The second-order valence-electron chi connectivity index (χ2n) is 4.49. The molecule has 0 spiro atoms. The van der Waals surface area contributed by atoms with Gasteiger partial charge in [-0.3, -0.25) is 0 Å². The molecule has 1 fully saturated rings. The van der Waals surface area contributed by atoms with Crippen molar-refractivity contribution in [1.29, 1.82) is 0 Å². The maximum absolute atomic E-state index is 5.75. The molecule has 0 N–H and O–H groups in total. The Bertz CT molecular complexity index is 546. The molecule has 4 nitrogen and oxygen atoms in total. The highest BCUT2D eigenvalue weighted by Gasteiger charge is 2.20. The topological polar surface area (TPSA) is 39.9 Å². The lowest BCUT2D eigenvalue weighted by atomic mass is 9.98. The molecule has 0 amide bonds. The molecule has 1 saturated heterocycles. The summed E-state index contributed by atoms with van der Waals surface area (Å²) < 4.78 is 7.64. The fourth-order valence-corrected chi connectivity index (χ4v) is 2.30. The van der Waals surface area contributed by atoms with Gasteiger partial charge in [-0.1, -0.05) is 11.5 Å². The van der Waals surface area contributed by atoms with Crippen molar-refractivity contribution in [3.05, 3.63) is 18.0 Å². The summed E-state index contributed by atoms with van der Waals surface area (Å²) in [6.07, 6.45) is 5.01. The zero-order chi connectivity index (χ0) is 11.8. The first-order valence-corrected chi connectivity index (χ1v) is 5.97. The summed E-state index contributed by atoms with van der Waals surface area (Å²) in [7, 11) is 5.75. The maximum Gasteiger partial charge on any atom is 0.160 e. The van der Waals surface area contributed by atoms with E-state index in [1.54, 1.807) is 6.20 Å². The highest BCUT2D eigenvalue weighted by Crippen LogP contribution is 2.26. The second kappa shape index (κ2) is 4.15. The van der Waals surface area contributed by atoms with Gasteiger partial charge in [-0.25, -0.2) is 9.67 Å². The lowest BCUT2D eigenvalue weighted by molar-refractivity contribution is -0.0371. The number of pyridine rings is 1. The van der Waals surface area contributed by atoms with Crippen LogP contribution in [0.25, 0.3) is 11.0 Å². The average molecular weight is 227 g/mol. The minimum absolute atomic E-state index is 0.0241. The minimum atomic E-state index is 0.0241. The van der Waals surface area contributed by atoms with Crippen LogP contribution in [0.5, 0.6) is 0 Å². The molecule has 1 atom stereocenters. The third-order valence-corrected chi connectivity index (χ3v) is 3.18. The van der Waals surface area contributed by atoms with Crippen molar-refractivity contribution in [2.75, 3.05) is 6.61 Å². The van der Waals surface area contributed by atoms with Gasteiger partial charge in [-0.2, -0.15) is 5.10 Å². The molecule has 2 aromatic rings. The molecule has 1 unspecified atom stereocenters. The van der Waals surface area contributed by atoms with E-state index in [-0.39, 0.29) is 6.23 Å². The molecule has 0 aromatic carbocycles. The van der Waals surface area contributed by atoms with E-state index >= 15 is 0 Å². The standard InChI is InChI=1S/C12H14BN3O/c1-8-10-6-9(13)7-14-12(10)16(15-8)11-4-2-3-5-17-11/h6-7,11H,2-5H2,1H3. The van der Waals surface area contributed by atoms with Crippen LogP contribution in [0.15, 0.2) is 12.3 Å². The molecule has 0 saturated carbocycles. The van der Waals surface area contributed by atoms with Gasteiger partial charge in [-0.15, -0.1) is 0 Å². The highest BCUT2D eigenvalue weighted by molar-refractivity contribution is 6.32. The van der Waals surface area contributed by atoms with Crippen molar-refractivity contribution in [3.8, 4) is 0 Å². The Morgan fingerprint density at radius 1 is 1.47 bits per heavy atom. The molecular formula is C12H14BN3O. The molecule has 86 valence electrons. The van der Waals surface area contributed by atoms with Crippen LogP contribution in [0.1, 0.15) is 31.2 Å². The van der Waals surface area contributed by atoms with Gasteiger partial charge < -0.3 is 4.74 Å². The van der Waals surface area contributed by atoms with E-state index in [9.17, 15) is 0 Å². The molecule has 2 radical (unpaired) electrons.